The van der Waals surface area contributed by atoms with Crippen molar-refractivity contribution in [3.63, 3.8) is 0 Å². The molecule has 0 aliphatic heterocycles. The van der Waals surface area contributed by atoms with Crippen LogP contribution in [0.15, 0.2) is 48.6 Å². The highest BCUT2D eigenvalue weighted by Gasteiger charge is 1.91. The lowest BCUT2D eigenvalue weighted by Crippen LogP contribution is -1.84. The molecule has 0 bridgehead atoms. The van der Waals surface area contributed by atoms with Gasteiger partial charge in [0.05, 0.1) is 0 Å². The maximum Gasteiger partial charge on any atom is -0.00917 e. The molecule has 0 atom stereocenters. The molecule has 0 saturated heterocycles. The van der Waals surface area contributed by atoms with Gasteiger partial charge in [0, 0.05) is 0 Å². The summed E-state index contributed by atoms with van der Waals surface area (Å²) in [5.41, 5.74) is 2.77. The second kappa shape index (κ2) is 5.36. The Hall–Kier alpha value is -1.30. The van der Waals surface area contributed by atoms with Crippen LogP contribution >= 0.6 is 0 Å². The smallest absolute Gasteiger partial charge is 0.00917 e. The highest BCUT2D eigenvalue weighted by atomic mass is 14.0. The fourth-order valence-electron chi connectivity index (χ4n) is 1.22. The summed E-state index contributed by atoms with van der Waals surface area (Å²) in [6, 6.07) is 8.49. The van der Waals surface area contributed by atoms with Crippen molar-refractivity contribution in [2.75, 3.05) is 0 Å². The molecule has 0 unspecified atom stereocenters. The largest absolute Gasteiger partial charge is 0.0877 e. The summed E-state index contributed by atoms with van der Waals surface area (Å²) in [5.74, 6) is 0. The van der Waals surface area contributed by atoms with Crippen molar-refractivity contribution in [2.45, 2.75) is 20.3 Å². The maximum absolute atomic E-state index is 2.18. The summed E-state index contributed by atoms with van der Waals surface area (Å²) in [5, 5.41) is 0. The molecular weight excluding hydrogens is 156 g/mol. The summed E-state index contributed by atoms with van der Waals surface area (Å²) < 4.78 is 0. The molecule has 1 rings (SSSR count). The molecule has 0 heterocycles. The third kappa shape index (κ3) is 3.29. The number of hydrogen-bond acceptors (Lipinski definition) is 0. The third-order valence-electron chi connectivity index (χ3n) is 2.04. The van der Waals surface area contributed by atoms with E-state index in [2.05, 4.69) is 49.4 Å². The molecule has 68 valence electrons. The van der Waals surface area contributed by atoms with E-state index in [1.165, 1.54) is 11.1 Å². The van der Waals surface area contributed by atoms with E-state index in [0.29, 0.717) is 0 Å². The lowest BCUT2D eigenvalue weighted by Gasteiger charge is -2.00. The molecule has 13 heavy (non-hydrogen) atoms. The molecule has 0 aromatic heterocycles. The van der Waals surface area contributed by atoms with Gasteiger partial charge in [0.15, 0.2) is 0 Å². The van der Waals surface area contributed by atoms with Crippen molar-refractivity contribution in [1.29, 1.82) is 0 Å². The average molecular weight is 172 g/mol. The molecule has 1 aromatic carbocycles. The Kier molecular flexibility index (Phi) is 4.04. The van der Waals surface area contributed by atoms with Gasteiger partial charge in [0.2, 0.25) is 0 Å². The highest BCUT2D eigenvalue weighted by Crippen LogP contribution is 2.07. The molecule has 0 nitrogen and oxygen atoms in total. The van der Waals surface area contributed by atoms with Crippen molar-refractivity contribution in [3.8, 4) is 0 Å². The van der Waals surface area contributed by atoms with E-state index < -0.39 is 0 Å². The molecule has 0 radical (unpaired) electrons. The Morgan fingerprint density at radius 3 is 2.62 bits per heavy atom. The number of rotatable bonds is 3. The first kappa shape index (κ1) is 9.79. The molecule has 0 N–H and O–H groups in total. The van der Waals surface area contributed by atoms with Gasteiger partial charge in [0.1, 0.15) is 0 Å². The van der Waals surface area contributed by atoms with E-state index >= 15 is 0 Å². The fraction of sp³-hybridized carbons (Fsp3) is 0.231. The fourth-order valence-corrected chi connectivity index (χ4v) is 1.22. The molecule has 0 fully saturated rings. The molecule has 0 saturated carbocycles. The Morgan fingerprint density at radius 2 is 1.92 bits per heavy atom. The van der Waals surface area contributed by atoms with Crippen LogP contribution in [-0.4, -0.2) is 0 Å². The van der Waals surface area contributed by atoms with Crippen LogP contribution in [-0.2, 0) is 6.42 Å². The van der Waals surface area contributed by atoms with Gasteiger partial charge < -0.3 is 0 Å². The van der Waals surface area contributed by atoms with E-state index in [1.807, 2.05) is 13.0 Å². The molecule has 1 aromatic rings. The van der Waals surface area contributed by atoms with Crippen molar-refractivity contribution in [2.24, 2.45) is 0 Å². The van der Waals surface area contributed by atoms with E-state index in [0.717, 1.165) is 6.42 Å². The number of hydrogen-bond donors (Lipinski definition) is 0. The van der Waals surface area contributed by atoms with Crippen LogP contribution in [0.1, 0.15) is 18.1 Å². The third-order valence-corrected chi connectivity index (χ3v) is 2.04. The van der Waals surface area contributed by atoms with Gasteiger partial charge in [-0.1, -0.05) is 48.6 Å². The van der Waals surface area contributed by atoms with E-state index in [4.69, 9.17) is 0 Å². The Labute approximate surface area is 80.6 Å². The van der Waals surface area contributed by atoms with Crippen molar-refractivity contribution in [1.82, 2.24) is 0 Å². The van der Waals surface area contributed by atoms with Crippen molar-refractivity contribution >= 4 is 0 Å². The summed E-state index contributed by atoms with van der Waals surface area (Å²) in [6.45, 7) is 4.18. The molecule has 0 aliphatic carbocycles. The van der Waals surface area contributed by atoms with E-state index in [9.17, 15) is 0 Å². The number of benzene rings is 1. The lowest BCUT2D eigenvalue weighted by molar-refractivity contribution is 1.21. The minimum absolute atomic E-state index is 1.02. The van der Waals surface area contributed by atoms with Crippen LogP contribution in [0, 0.1) is 6.92 Å². The topological polar surface area (TPSA) is 0 Å². The lowest BCUT2D eigenvalue weighted by atomic mass is 10.1. The summed E-state index contributed by atoms with van der Waals surface area (Å²) in [4.78, 5) is 0. The SMILES string of the molecule is CC=CC=CCc1ccccc1C. The van der Waals surface area contributed by atoms with E-state index in [1.54, 1.807) is 0 Å². The van der Waals surface area contributed by atoms with Gasteiger partial charge in [-0.25, -0.2) is 0 Å². The van der Waals surface area contributed by atoms with Gasteiger partial charge >= 0.3 is 0 Å². The highest BCUT2D eigenvalue weighted by molar-refractivity contribution is 5.27. The maximum atomic E-state index is 2.18. The molecule has 0 heteroatoms. The minimum Gasteiger partial charge on any atom is -0.0877 e. The predicted molar refractivity (Wildman–Crippen MR) is 58.8 cm³/mol. The normalized spacial score (nSPS) is 11.5. The van der Waals surface area contributed by atoms with Crippen LogP contribution in [0.5, 0.6) is 0 Å². The summed E-state index contributed by atoms with van der Waals surface area (Å²) in [6.07, 6.45) is 9.39. The zero-order valence-electron chi connectivity index (χ0n) is 8.33. The van der Waals surface area contributed by atoms with Crippen LogP contribution in [0.4, 0.5) is 0 Å². The van der Waals surface area contributed by atoms with Gasteiger partial charge in [-0.05, 0) is 31.4 Å². The Balaban J connectivity index is 2.59. The van der Waals surface area contributed by atoms with Crippen LogP contribution in [0.25, 0.3) is 0 Å². The number of allylic oxidation sites excluding steroid dienone is 4. The molecular formula is C13H16. The van der Waals surface area contributed by atoms with Crippen molar-refractivity contribution in [3.05, 3.63) is 59.7 Å². The summed E-state index contributed by atoms with van der Waals surface area (Å²) in [7, 11) is 0. The first-order valence-electron chi connectivity index (χ1n) is 4.67. The summed E-state index contributed by atoms with van der Waals surface area (Å²) >= 11 is 0. The van der Waals surface area contributed by atoms with Crippen LogP contribution in [0.2, 0.25) is 0 Å². The zero-order valence-corrected chi connectivity index (χ0v) is 8.33. The molecule has 0 aliphatic rings. The average Bonchev–Trinajstić information content (AvgIpc) is 2.15. The van der Waals surface area contributed by atoms with E-state index in [-0.39, 0.29) is 0 Å². The standard InChI is InChI=1S/C13H16/c1-3-4-5-6-10-13-11-8-7-9-12(13)2/h3-9,11H,10H2,1-2H3. The molecule has 0 amide bonds. The number of aryl methyl sites for hydroxylation is 1. The Morgan fingerprint density at radius 1 is 1.15 bits per heavy atom. The van der Waals surface area contributed by atoms with Crippen LogP contribution < -0.4 is 0 Å². The van der Waals surface area contributed by atoms with Gasteiger partial charge in [-0.3, -0.25) is 0 Å². The first-order chi connectivity index (χ1) is 6.34. The van der Waals surface area contributed by atoms with Gasteiger partial charge in [-0.15, -0.1) is 0 Å². The monoisotopic (exact) mass is 172 g/mol. The van der Waals surface area contributed by atoms with Gasteiger partial charge in [-0.2, -0.15) is 0 Å². The Bertz CT molecular complexity index is 306. The van der Waals surface area contributed by atoms with Gasteiger partial charge in [0.25, 0.3) is 0 Å². The second-order valence-electron chi connectivity index (χ2n) is 3.08. The van der Waals surface area contributed by atoms with Crippen molar-refractivity contribution < 1.29 is 0 Å². The quantitative estimate of drug-likeness (QED) is 0.610. The van der Waals surface area contributed by atoms with Crippen LogP contribution in [0.3, 0.4) is 0 Å². The minimum atomic E-state index is 1.02. The molecule has 0 spiro atoms. The zero-order chi connectivity index (χ0) is 9.52. The predicted octanol–water partition coefficient (Wildman–Crippen LogP) is 3.67. The first-order valence-corrected chi connectivity index (χ1v) is 4.67. The second-order valence-corrected chi connectivity index (χ2v) is 3.08.